The number of amides is 2. The molecule has 4 aromatic rings. The number of carbonyl (C=O) groups excluding carboxylic acids is 2. The Labute approximate surface area is 273 Å². The minimum atomic E-state index is -0.126. The molecule has 0 saturated carbocycles. The summed E-state index contributed by atoms with van der Waals surface area (Å²) in [6, 6.07) is 30.5. The summed E-state index contributed by atoms with van der Waals surface area (Å²) in [5, 5.41) is 17.8. The number of hydrogen-bond acceptors (Lipinski definition) is 9. The maximum atomic E-state index is 12.5. The third-order valence-electron chi connectivity index (χ3n) is 6.62. The van der Waals surface area contributed by atoms with Crippen LogP contribution in [-0.2, 0) is 0 Å². The zero-order chi connectivity index (χ0) is 32.0. The van der Waals surface area contributed by atoms with Gasteiger partial charge in [0.1, 0.15) is 0 Å². The van der Waals surface area contributed by atoms with Crippen LogP contribution in [0, 0.1) is 0 Å². The topological polar surface area (TPSA) is 101 Å². The van der Waals surface area contributed by atoms with Gasteiger partial charge in [-0.25, -0.2) is 0 Å². The monoisotopic (exact) mass is 641 g/mol. The quantitative estimate of drug-likeness (QED) is 0.0701. The van der Waals surface area contributed by atoms with Crippen LogP contribution in [0.25, 0.3) is 0 Å². The van der Waals surface area contributed by atoms with Gasteiger partial charge >= 0.3 is 0 Å². The second-order valence-corrected chi connectivity index (χ2v) is 13.2. The van der Waals surface area contributed by atoms with Gasteiger partial charge in [-0.2, -0.15) is 10.2 Å². The van der Waals surface area contributed by atoms with Crippen LogP contribution in [-0.4, -0.2) is 64.6 Å². The minimum absolute atomic E-state index is 0.0964. The molecule has 11 heteroatoms. The summed E-state index contributed by atoms with van der Waals surface area (Å²) >= 11 is 0. The van der Waals surface area contributed by atoms with E-state index in [0.717, 1.165) is 39.9 Å². The van der Waals surface area contributed by atoms with Crippen molar-refractivity contribution in [2.24, 2.45) is 10.2 Å². The van der Waals surface area contributed by atoms with Crippen molar-refractivity contribution in [2.45, 2.75) is 0 Å². The maximum absolute atomic E-state index is 12.5. The van der Waals surface area contributed by atoms with E-state index >= 15 is 0 Å². The largest absolute Gasteiger partial charge is 0.378 e. The first kappa shape index (κ1) is 33.4. The Morgan fingerprint density at radius 1 is 0.556 bits per heavy atom. The molecule has 0 aliphatic rings. The molecule has 0 saturated heterocycles. The Morgan fingerprint density at radius 3 is 1.33 bits per heavy atom. The van der Waals surface area contributed by atoms with Crippen LogP contribution >= 0.6 is 21.6 Å². The predicted octanol–water partition coefficient (Wildman–Crippen LogP) is 7.52. The average Bonchev–Trinajstić information content (AvgIpc) is 3.05. The van der Waals surface area contributed by atoms with E-state index in [4.69, 9.17) is 0 Å². The first-order valence-corrected chi connectivity index (χ1v) is 17.0. The molecule has 0 fully saturated rings. The Morgan fingerprint density at radius 2 is 0.911 bits per heavy atom. The van der Waals surface area contributed by atoms with Gasteiger partial charge in [0.05, 0.1) is 11.4 Å². The normalized spacial score (nSPS) is 10.8. The lowest BCUT2D eigenvalue weighted by molar-refractivity contribution is 0.0948. The molecule has 0 spiro atoms. The zero-order valence-electron chi connectivity index (χ0n) is 26.0. The number of anilines is 4. The summed E-state index contributed by atoms with van der Waals surface area (Å²) in [7, 11) is 11.3. The highest BCUT2D eigenvalue weighted by Crippen LogP contribution is 2.23. The van der Waals surface area contributed by atoms with Crippen molar-refractivity contribution in [3.63, 3.8) is 0 Å². The van der Waals surface area contributed by atoms with E-state index in [-0.39, 0.29) is 11.8 Å². The summed E-state index contributed by atoms with van der Waals surface area (Å²) in [6.45, 7) is 1.11. The maximum Gasteiger partial charge on any atom is 0.251 e. The van der Waals surface area contributed by atoms with Crippen molar-refractivity contribution < 1.29 is 9.59 Å². The Bertz CT molecular complexity index is 1540. The van der Waals surface area contributed by atoms with E-state index in [2.05, 4.69) is 43.2 Å². The molecule has 4 rings (SSSR count). The number of rotatable bonds is 15. The van der Waals surface area contributed by atoms with Crippen molar-refractivity contribution >= 4 is 67.5 Å². The lowest BCUT2D eigenvalue weighted by atomic mass is 10.2. The summed E-state index contributed by atoms with van der Waals surface area (Å²) in [6.07, 6.45) is 0. The molecule has 0 unspecified atom stereocenters. The summed E-state index contributed by atoms with van der Waals surface area (Å²) < 4.78 is 0. The van der Waals surface area contributed by atoms with E-state index in [9.17, 15) is 9.59 Å². The third kappa shape index (κ3) is 10.9. The fourth-order valence-electron chi connectivity index (χ4n) is 4.06. The van der Waals surface area contributed by atoms with E-state index in [1.807, 2.05) is 93.8 Å². The second-order valence-electron chi connectivity index (χ2n) is 10.5. The molecule has 2 amide bonds. The molecule has 0 atom stereocenters. The zero-order valence-corrected chi connectivity index (χ0v) is 27.6. The van der Waals surface area contributed by atoms with Crippen LogP contribution in [0.1, 0.15) is 20.7 Å². The lowest BCUT2D eigenvalue weighted by Crippen LogP contribution is -2.26. The van der Waals surface area contributed by atoms with Gasteiger partial charge in [0, 0.05) is 86.7 Å². The molecule has 0 aromatic heterocycles. The fourth-order valence-corrected chi connectivity index (χ4v) is 5.87. The Balaban J connectivity index is 1.07. The number of nitrogens with zero attached hydrogens (tertiary/aromatic N) is 4. The van der Waals surface area contributed by atoms with Crippen LogP contribution in [0.15, 0.2) is 107 Å². The summed E-state index contributed by atoms with van der Waals surface area (Å²) in [4.78, 5) is 29.1. The van der Waals surface area contributed by atoms with Crippen molar-refractivity contribution in [2.75, 3.05) is 67.9 Å². The molecule has 0 radical (unpaired) electrons. The SMILES string of the molecule is CN(C)c1ccc(N=Nc2ccc(C(=O)NCCSSCCNC(=O)c3ccc(Nc4ccc(N(C)C)cc4)cc3)cc2)cc1. The van der Waals surface area contributed by atoms with Gasteiger partial charge in [0.2, 0.25) is 0 Å². The second kappa shape index (κ2) is 17.1. The van der Waals surface area contributed by atoms with Gasteiger partial charge in [-0.15, -0.1) is 0 Å². The molecule has 3 N–H and O–H groups in total. The molecule has 45 heavy (non-hydrogen) atoms. The van der Waals surface area contributed by atoms with Gasteiger partial charge in [0.15, 0.2) is 0 Å². The van der Waals surface area contributed by atoms with Gasteiger partial charge in [-0.3, -0.25) is 9.59 Å². The summed E-state index contributed by atoms with van der Waals surface area (Å²) in [5.41, 5.74) is 6.78. The van der Waals surface area contributed by atoms with Gasteiger partial charge in [-0.1, -0.05) is 21.6 Å². The number of carbonyl (C=O) groups is 2. The molecule has 4 aromatic carbocycles. The molecule has 9 nitrogen and oxygen atoms in total. The van der Waals surface area contributed by atoms with Crippen LogP contribution in [0.5, 0.6) is 0 Å². The molecular weight excluding hydrogens is 603 g/mol. The Kier molecular flexibility index (Phi) is 12.7. The number of azo groups is 1. The highest BCUT2D eigenvalue weighted by Gasteiger charge is 2.07. The number of nitrogens with one attached hydrogen (secondary N) is 3. The predicted molar refractivity (Wildman–Crippen MR) is 191 cm³/mol. The van der Waals surface area contributed by atoms with Crippen molar-refractivity contribution in [1.29, 1.82) is 0 Å². The first-order chi connectivity index (χ1) is 21.8. The van der Waals surface area contributed by atoms with E-state index in [1.54, 1.807) is 45.9 Å². The highest BCUT2D eigenvalue weighted by atomic mass is 33.1. The van der Waals surface area contributed by atoms with Crippen molar-refractivity contribution in [3.05, 3.63) is 108 Å². The Hall–Kier alpha value is -4.48. The van der Waals surface area contributed by atoms with Crippen LogP contribution in [0.2, 0.25) is 0 Å². The van der Waals surface area contributed by atoms with Crippen molar-refractivity contribution in [1.82, 2.24) is 10.6 Å². The average molecular weight is 642 g/mol. The van der Waals surface area contributed by atoms with Gasteiger partial charge in [-0.05, 0) is 97.1 Å². The molecule has 0 aliphatic heterocycles. The third-order valence-corrected chi connectivity index (χ3v) is 9.03. The minimum Gasteiger partial charge on any atom is -0.378 e. The lowest BCUT2D eigenvalue weighted by Gasteiger charge is -2.13. The van der Waals surface area contributed by atoms with Crippen LogP contribution in [0.4, 0.5) is 34.1 Å². The standard InChI is InChI=1S/C34H39N7O2S2/c1-40(2)31-17-13-28(14-18-31)37-27-9-5-25(6-10-27)33(42)35-21-23-44-45-24-22-36-34(43)26-7-11-29(12-8-26)38-39-30-15-19-32(20-16-30)41(3)4/h5-20,37H,21-24H2,1-4H3,(H,35,42)(H,36,43). The van der Waals surface area contributed by atoms with E-state index in [0.29, 0.717) is 29.9 Å². The highest BCUT2D eigenvalue weighted by molar-refractivity contribution is 8.76. The molecular formula is C34H39N7O2S2. The molecule has 0 aliphatic carbocycles. The van der Waals surface area contributed by atoms with E-state index < -0.39 is 0 Å². The number of hydrogen-bond donors (Lipinski definition) is 3. The first-order valence-electron chi connectivity index (χ1n) is 14.5. The summed E-state index contributed by atoms with van der Waals surface area (Å²) in [5.74, 6) is 1.30. The smallest absolute Gasteiger partial charge is 0.251 e. The number of benzene rings is 4. The molecule has 0 heterocycles. The van der Waals surface area contributed by atoms with Crippen molar-refractivity contribution in [3.8, 4) is 0 Å². The fraction of sp³-hybridized carbons (Fsp3) is 0.235. The molecule has 234 valence electrons. The molecule has 0 bridgehead atoms. The van der Waals surface area contributed by atoms with Crippen LogP contribution in [0.3, 0.4) is 0 Å². The van der Waals surface area contributed by atoms with Gasteiger partial charge < -0.3 is 25.8 Å². The van der Waals surface area contributed by atoms with Crippen LogP contribution < -0.4 is 25.8 Å². The van der Waals surface area contributed by atoms with E-state index in [1.165, 1.54) is 0 Å². The van der Waals surface area contributed by atoms with Gasteiger partial charge in [0.25, 0.3) is 11.8 Å².